The van der Waals surface area contributed by atoms with E-state index < -0.39 is 0 Å². The fourth-order valence-electron chi connectivity index (χ4n) is 3.91. The maximum absolute atomic E-state index is 5.62. The number of nitrogens with zero attached hydrogens (tertiary/aromatic N) is 3. The summed E-state index contributed by atoms with van der Waals surface area (Å²) in [6, 6.07) is 21.5. The molecule has 1 fully saturated rings. The highest BCUT2D eigenvalue weighted by atomic mass is 16.3. The fraction of sp³-hybridized carbons (Fsp3) is 0.333. The number of hydrogen-bond acceptors (Lipinski definition) is 4. The molecule has 0 bridgehead atoms. The topological polar surface area (TPSA) is 65.7 Å². The molecule has 1 saturated heterocycles. The van der Waals surface area contributed by atoms with Crippen LogP contribution < -0.4 is 10.6 Å². The van der Waals surface area contributed by atoms with Crippen LogP contribution in [0.25, 0.3) is 11.5 Å². The molecule has 2 N–H and O–H groups in total. The summed E-state index contributed by atoms with van der Waals surface area (Å²) >= 11 is 0. The summed E-state index contributed by atoms with van der Waals surface area (Å²) in [6.07, 6.45) is 2.79. The molecule has 0 radical (unpaired) electrons. The molecule has 0 saturated carbocycles. The Bertz CT molecular complexity index is 954. The first-order chi connectivity index (χ1) is 14.7. The van der Waals surface area contributed by atoms with Crippen LogP contribution in [0.3, 0.4) is 0 Å². The normalized spacial score (nSPS) is 19.7. The SMILES string of the molecule is CN=C(NCc1coc(-c2ccccc2)n1)NC1CC(C)N(Cc2ccccc2)C1. The van der Waals surface area contributed by atoms with E-state index in [1.807, 2.05) is 30.3 Å². The Labute approximate surface area is 178 Å². The highest BCUT2D eigenvalue weighted by Gasteiger charge is 2.29. The summed E-state index contributed by atoms with van der Waals surface area (Å²) in [5.74, 6) is 1.43. The minimum atomic E-state index is 0.368. The molecule has 0 spiro atoms. The summed E-state index contributed by atoms with van der Waals surface area (Å²) in [4.78, 5) is 11.5. The van der Waals surface area contributed by atoms with Crippen LogP contribution in [-0.4, -0.2) is 41.5 Å². The predicted molar refractivity (Wildman–Crippen MR) is 120 cm³/mol. The summed E-state index contributed by atoms with van der Waals surface area (Å²) in [7, 11) is 1.80. The van der Waals surface area contributed by atoms with Crippen molar-refractivity contribution in [2.24, 2.45) is 4.99 Å². The van der Waals surface area contributed by atoms with Gasteiger partial charge in [0.2, 0.25) is 5.89 Å². The minimum Gasteiger partial charge on any atom is -0.444 e. The van der Waals surface area contributed by atoms with E-state index in [9.17, 15) is 0 Å². The number of aromatic nitrogens is 1. The van der Waals surface area contributed by atoms with Crippen LogP contribution >= 0.6 is 0 Å². The van der Waals surface area contributed by atoms with Gasteiger partial charge >= 0.3 is 0 Å². The Kier molecular flexibility index (Phi) is 6.44. The third-order valence-corrected chi connectivity index (χ3v) is 5.51. The van der Waals surface area contributed by atoms with Crippen molar-refractivity contribution in [2.75, 3.05) is 13.6 Å². The number of rotatable bonds is 6. The van der Waals surface area contributed by atoms with Crippen LogP contribution in [0.5, 0.6) is 0 Å². The number of aliphatic imine (C=N–C) groups is 1. The van der Waals surface area contributed by atoms with Crippen molar-refractivity contribution in [1.82, 2.24) is 20.5 Å². The third-order valence-electron chi connectivity index (χ3n) is 5.51. The van der Waals surface area contributed by atoms with E-state index in [0.717, 1.165) is 36.7 Å². The largest absolute Gasteiger partial charge is 0.444 e. The predicted octanol–water partition coefficient (Wildman–Crippen LogP) is 3.67. The number of oxazole rings is 1. The van der Waals surface area contributed by atoms with Crippen molar-refractivity contribution in [1.29, 1.82) is 0 Å². The van der Waals surface area contributed by atoms with E-state index in [0.29, 0.717) is 24.5 Å². The second kappa shape index (κ2) is 9.59. The van der Waals surface area contributed by atoms with Crippen LogP contribution in [-0.2, 0) is 13.1 Å². The number of nitrogens with one attached hydrogen (secondary N) is 2. The molecule has 6 heteroatoms. The minimum absolute atomic E-state index is 0.368. The van der Waals surface area contributed by atoms with Gasteiger partial charge < -0.3 is 15.1 Å². The summed E-state index contributed by atoms with van der Waals surface area (Å²) in [5.41, 5.74) is 3.18. The maximum Gasteiger partial charge on any atom is 0.226 e. The van der Waals surface area contributed by atoms with Gasteiger partial charge in [0.05, 0.1) is 12.2 Å². The van der Waals surface area contributed by atoms with Crippen LogP contribution in [0.15, 0.2) is 76.3 Å². The smallest absolute Gasteiger partial charge is 0.226 e. The summed E-state index contributed by atoms with van der Waals surface area (Å²) in [5, 5.41) is 6.91. The summed E-state index contributed by atoms with van der Waals surface area (Å²) < 4.78 is 5.62. The molecular weight excluding hydrogens is 374 g/mol. The van der Waals surface area contributed by atoms with Gasteiger partial charge in [-0.2, -0.15) is 0 Å². The van der Waals surface area contributed by atoms with Gasteiger partial charge in [0.25, 0.3) is 0 Å². The lowest BCUT2D eigenvalue weighted by molar-refractivity contribution is 0.258. The maximum atomic E-state index is 5.62. The number of benzene rings is 2. The molecule has 0 amide bonds. The number of hydrogen-bond donors (Lipinski definition) is 2. The van der Waals surface area contributed by atoms with Crippen molar-refractivity contribution in [3.8, 4) is 11.5 Å². The Morgan fingerprint density at radius 3 is 2.60 bits per heavy atom. The van der Waals surface area contributed by atoms with Gasteiger partial charge in [0, 0.05) is 37.8 Å². The zero-order chi connectivity index (χ0) is 20.8. The Morgan fingerprint density at radius 1 is 1.13 bits per heavy atom. The zero-order valence-electron chi connectivity index (χ0n) is 17.6. The quantitative estimate of drug-likeness (QED) is 0.486. The molecule has 156 valence electrons. The molecule has 30 heavy (non-hydrogen) atoms. The molecule has 1 aliphatic heterocycles. The van der Waals surface area contributed by atoms with E-state index in [-0.39, 0.29) is 0 Å². The molecule has 1 aromatic heterocycles. The van der Waals surface area contributed by atoms with Gasteiger partial charge in [-0.1, -0.05) is 48.5 Å². The zero-order valence-corrected chi connectivity index (χ0v) is 17.6. The molecule has 1 aliphatic rings. The van der Waals surface area contributed by atoms with E-state index in [1.165, 1.54) is 5.56 Å². The van der Waals surface area contributed by atoms with Crippen LogP contribution in [0.4, 0.5) is 0 Å². The lowest BCUT2D eigenvalue weighted by Gasteiger charge is -2.21. The van der Waals surface area contributed by atoms with Crippen molar-refractivity contribution < 1.29 is 4.42 Å². The van der Waals surface area contributed by atoms with Crippen molar-refractivity contribution in [3.05, 3.63) is 78.2 Å². The van der Waals surface area contributed by atoms with Gasteiger partial charge in [-0.3, -0.25) is 9.89 Å². The van der Waals surface area contributed by atoms with Crippen LogP contribution in [0.1, 0.15) is 24.6 Å². The molecule has 6 nitrogen and oxygen atoms in total. The van der Waals surface area contributed by atoms with E-state index >= 15 is 0 Å². The summed E-state index contributed by atoms with van der Waals surface area (Å²) in [6.45, 7) is 4.83. The van der Waals surface area contributed by atoms with Gasteiger partial charge in [0.15, 0.2) is 5.96 Å². The third kappa shape index (κ3) is 5.07. The van der Waals surface area contributed by atoms with Gasteiger partial charge in [0.1, 0.15) is 6.26 Å². The fourth-order valence-corrected chi connectivity index (χ4v) is 3.91. The highest BCUT2D eigenvalue weighted by molar-refractivity contribution is 5.80. The van der Waals surface area contributed by atoms with Crippen molar-refractivity contribution in [3.63, 3.8) is 0 Å². The lowest BCUT2D eigenvalue weighted by Crippen LogP contribution is -2.44. The van der Waals surface area contributed by atoms with Crippen molar-refractivity contribution >= 4 is 5.96 Å². The second-order valence-electron chi connectivity index (χ2n) is 7.78. The Hall–Kier alpha value is -3.12. The van der Waals surface area contributed by atoms with Crippen molar-refractivity contribution in [2.45, 2.75) is 38.5 Å². The van der Waals surface area contributed by atoms with E-state index in [1.54, 1.807) is 13.3 Å². The molecule has 0 aliphatic carbocycles. The van der Waals surface area contributed by atoms with E-state index in [2.05, 4.69) is 62.8 Å². The number of likely N-dealkylation sites (tertiary alicyclic amines) is 1. The first-order valence-corrected chi connectivity index (χ1v) is 10.5. The van der Waals surface area contributed by atoms with Gasteiger partial charge in [-0.15, -0.1) is 0 Å². The Morgan fingerprint density at radius 2 is 1.87 bits per heavy atom. The first kappa shape index (κ1) is 20.2. The first-order valence-electron chi connectivity index (χ1n) is 10.5. The molecule has 2 aromatic carbocycles. The van der Waals surface area contributed by atoms with Crippen LogP contribution in [0, 0.1) is 0 Å². The van der Waals surface area contributed by atoms with E-state index in [4.69, 9.17) is 4.42 Å². The average molecular weight is 404 g/mol. The molecule has 2 heterocycles. The number of guanidine groups is 1. The molecular formula is C24H29N5O. The molecule has 2 unspecified atom stereocenters. The second-order valence-corrected chi connectivity index (χ2v) is 7.78. The average Bonchev–Trinajstić information content (AvgIpc) is 3.39. The van der Waals surface area contributed by atoms with Gasteiger partial charge in [-0.05, 0) is 31.0 Å². The molecule has 4 rings (SSSR count). The molecule has 3 aromatic rings. The monoisotopic (exact) mass is 403 g/mol. The van der Waals surface area contributed by atoms with Gasteiger partial charge in [-0.25, -0.2) is 4.98 Å². The van der Waals surface area contributed by atoms with Crippen LogP contribution in [0.2, 0.25) is 0 Å². The lowest BCUT2D eigenvalue weighted by atomic mass is 10.2. The standard InChI is InChI=1S/C24H29N5O/c1-18-13-21(16-29(18)15-19-9-5-3-6-10-19)28-24(25-2)26-14-22-17-30-23(27-22)20-11-7-4-8-12-20/h3-12,17-18,21H,13-16H2,1-2H3,(H2,25,26,28). The highest BCUT2D eigenvalue weighted by Crippen LogP contribution is 2.20. The molecule has 2 atom stereocenters. The Balaban J connectivity index is 1.29.